The third-order valence-corrected chi connectivity index (χ3v) is 5.26. The molecule has 0 aliphatic heterocycles. The second-order valence-electron chi connectivity index (χ2n) is 6.29. The van der Waals surface area contributed by atoms with Gasteiger partial charge in [0.25, 0.3) is 0 Å². The van der Waals surface area contributed by atoms with Gasteiger partial charge in [0.1, 0.15) is 11.5 Å². The summed E-state index contributed by atoms with van der Waals surface area (Å²) >= 11 is 1.56. The molecule has 0 saturated carbocycles. The summed E-state index contributed by atoms with van der Waals surface area (Å²) in [4.78, 5) is 5.62. The van der Waals surface area contributed by atoms with Crippen LogP contribution in [0.1, 0.15) is 11.3 Å². The Kier molecular flexibility index (Phi) is 6.02. The molecule has 4 rings (SSSR count). The van der Waals surface area contributed by atoms with Crippen molar-refractivity contribution >= 4 is 17.6 Å². The van der Waals surface area contributed by atoms with E-state index in [1.54, 1.807) is 30.9 Å². The average molecular weight is 404 g/mol. The molecule has 4 aromatic rings. The first kappa shape index (κ1) is 19.0. The summed E-state index contributed by atoms with van der Waals surface area (Å²) in [5.74, 6) is 1.48. The second kappa shape index (κ2) is 9.21. The smallest absolute Gasteiger partial charge is 0.206 e. The Balaban J connectivity index is 1.71. The lowest BCUT2D eigenvalue weighted by Crippen LogP contribution is -2.13. The highest BCUT2D eigenvalue weighted by Crippen LogP contribution is 2.29. The average Bonchev–Trinajstić information content (AvgIpc) is 3.43. The third-order valence-electron chi connectivity index (χ3n) is 4.40. The minimum atomic E-state index is 0.685. The van der Waals surface area contributed by atoms with Crippen molar-refractivity contribution < 1.29 is 9.15 Å². The van der Waals surface area contributed by atoms with Crippen molar-refractivity contribution in [2.75, 3.05) is 13.7 Å². The van der Waals surface area contributed by atoms with E-state index < -0.39 is 0 Å². The Hall–Kier alpha value is -3.38. The van der Waals surface area contributed by atoms with Crippen molar-refractivity contribution in [1.82, 2.24) is 4.68 Å². The molecule has 0 N–H and O–H groups in total. The summed E-state index contributed by atoms with van der Waals surface area (Å²) in [6, 6.07) is 22.0. The molecule has 2 aromatic heterocycles. The number of furan rings is 1. The third kappa shape index (κ3) is 4.55. The molecule has 0 saturated heterocycles. The second-order valence-corrected chi connectivity index (χ2v) is 7.13. The van der Waals surface area contributed by atoms with E-state index in [-0.39, 0.29) is 0 Å². The zero-order valence-corrected chi connectivity index (χ0v) is 16.9. The van der Waals surface area contributed by atoms with Crippen LogP contribution >= 0.6 is 11.3 Å². The van der Waals surface area contributed by atoms with E-state index >= 15 is 0 Å². The Labute approximate surface area is 173 Å². The van der Waals surface area contributed by atoms with Crippen molar-refractivity contribution in [2.24, 2.45) is 10.1 Å². The summed E-state index contributed by atoms with van der Waals surface area (Å²) in [5, 5.41) is 6.70. The van der Waals surface area contributed by atoms with E-state index in [2.05, 4.69) is 22.6 Å². The van der Waals surface area contributed by atoms with Gasteiger partial charge in [-0.3, -0.25) is 4.99 Å². The molecule has 5 nitrogen and oxygen atoms in total. The molecule has 0 fully saturated rings. The van der Waals surface area contributed by atoms with E-state index in [1.165, 1.54) is 5.56 Å². The summed E-state index contributed by atoms with van der Waals surface area (Å²) in [7, 11) is 1.67. The Morgan fingerprint density at radius 3 is 2.66 bits per heavy atom. The van der Waals surface area contributed by atoms with E-state index in [0.29, 0.717) is 12.3 Å². The molecule has 0 amide bonds. The van der Waals surface area contributed by atoms with Crippen LogP contribution in [0.2, 0.25) is 0 Å². The van der Waals surface area contributed by atoms with Gasteiger partial charge in [-0.2, -0.15) is 5.10 Å². The molecule has 0 aliphatic carbocycles. The molecule has 0 aliphatic rings. The SMILES string of the molecule is COc1ccccc1-c1csc(=NCCc2ccccc2)n1N=Cc1ccco1. The molecule has 0 radical (unpaired) electrons. The molecular formula is C23H21N3O2S. The Morgan fingerprint density at radius 1 is 1.03 bits per heavy atom. The van der Waals surface area contributed by atoms with Crippen LogP contribution in [0.15, 0.2) is 92.9 Å². The molecule has 0 unspecified atom stereocenters. The number of thiazole rings is 1. The van der Waals surface area contributed by atoms with E-state index in [1.807, 2.05) is 59.3 Å². The van der Waals surface area contributed by atoms with Gasteiger partial charge in [-0.15, -0.1) is 11.3 Å². The van der Waals surface area contributed by atoms with Gasteiger partial charge in [0.2, 0.25) is 4.80 Å². The molecule has 146 valence electrons. The van der Waals surface area contributed by atoms with Gasteiger partial charge < -0.3 is 9.15 Å². The van der Waals surface area contributed by atoms with Gasteiger partial charge in [-0.1, -0.05) is 42.5 Å². The van der Waals surface area contributed by atoms with Crippen LogP contribution in [0.25, 0.3) is 11.3 Å². The molecule has 2 heterocycles. The fourth-order valence-electron chi connectivity index (χ4n) is 2.97. The quantitative estimate of drug-likeness (QED) is 0.415. The summed E-state index contributed by atoms with van der Waals surface area (Å²) < 4.78 is 12.8. The largest absolute Gasteiger partial charge is 0.496 e. The maximum atomic E-state index is 5.54. The first-order chi connectivity index (χ1) is 14.3. The first-order valence-corrected chi connectivity index (χ1v) is 10.2. The van der Waals surface area contributed by atoms with Crippen molar-refractivity contribution in [3.05, 3.63) is 94.5 Å². The van der Waals surface area contributed by atoms with Gasteiger partial charge in [-0.05, 0) is 36.2 Å². The molecule has 0 bridgehead atoms. The van der Waals surface area contributed by atoms with E-state index in [0.717, 1.165) is 28.2 Å². The van der Waals surface area contributed by atoms with Crippen LogP contribution in [-0.2, 0) is 6.42 Å². The molecule has 6 heteroatoms. The number of ether oxygens (including phenoxy) is 1. The van der Waals surface area contributed by atoms with Gasteiger partial charge in [-0.25, -0.2) is 4.68 Å². The van der Waals surface area contributed by atoms with Crippen LogP contribution < -0.4 is 9.54 Å². The summed E-state index contributed by atoms with van der Waals surface area (Å²) in [6.07, 6.45) is 4.21. The molecule has 0 atom stereocenters. The maximum Gasteiger partial charge on any atom is 0.206 e. The number of hydrogen-bond acceptors (Lipinski definition) is 5. The number of methoxy groups -OCH3 is 1. The van der Waals surface area contributed by atoms with E-state index in [9.17, 15) is 0 Å². The molecular weight excluding hydrogens is 382 g/mol. The monoisotopic (exact) mass is 403 g/mol. The molecule has 2 aromatic carbocycles. The highest BCUT2D eigenvalue weighted by atomic mass is 32.1. The summed E-state index contributed by atoms with van der Waals surface area (Å²) in [6.45, 7) is 0.687. The van der Waals surface area contributed by atoms with Crippen molar-refractivity contribution in [1.29, 1.82) is 0 Å². The van der Waals surface area contributed by atoms with Gasteiger partial charge in [0.15, 0.2) is 0 Å². The predicted molar refractivity (Wildman–Crippen MR) is 117 cm³/mol. The van der Waals surface area contributed by atoms with Gasteiger partial charge in [0.05, 0.1) is 25.3 Å². The molecule has 0 spiro atoms. The Bertz CT molecular complexity index is 1140. The minimum absolute atomic E-state index is 0.685. The number of para-hydroxylation sites is 1. The lowest BCUT2D eigenvalue weighted by Gasteiger charge is -2.08. The normalized spacial score (nSPS) is 12.0. The van der Waals surface area contributed by atoms with E-state index in [4.69, 9.17) is 14.1 Å². The number of rotatable bonds is 7. The number of aromatic nitrogens is 1. The summed E-state index contributed by atoms with van der Waals surface area (Å²) in [5.41, 5.74) is 3.16. The minimum Gasteiger partial charge on any atom is -0.496 e. The Morgan fingerprint density at radius 2 is 1.86 bits per heavy atom. The zero-order valence-electron chi connectivity index (χ0n) is 16.1. The van der Waals surface area contributed by atoms with Crippen LogP contribution in [0, 0.1) is 0 Å². The van der Waals surface area contributed by atoms with Crippen molar-refractivity contribution in [2.45, 2.75) is 6.42 Å². The predicted octanol–water partition coefficient (Wildman–Crippen LogP) is 4.84. The molecule has 29 heavy (non-hydrogen) atoms. The highest BCUT2D eigenvalue weighted by Gasteiger charge is 2.12. The first-order valence-electron chi connectivity index (χ1n) is 9.31. The standard InChI is InChI=1S/C23H21N3O2S/c1-27-22-12-6-5-11-20(22)21-17-29-23(24-14-13-18-8-3-2-4-9-18)26(21)25-16-19-10-7-15-28-19/h2-12,15-17H,13-14H2,1H3. The van der Waals surface area contributed by atoms with Crippen LogP contribution in [-0.4, -0.2) is 24.5 Å². The van der Waals surface area contributed by atoms with Crippen LogP contribution in [0.5, 0.6) is 5.75 Å². The highest BCUT2D eigenvalue weighted by molar-refractivity contribution is 7.07. The lowest BCUT2D eigenvalue weighted by atomic mass is 10.1. The number of hydrogen-bond donors (Lipinski definition) is 0. The van der Waals surface area contributed by atoms with Gasteiger partial charge in [0, 0.05) is 17.5 Å². The fraction of sp³-hybridized carbons (Fsp3) is 0.130. The van der Waals surface area contributed by atoms with Crippen molar-refractivity contribution in [3.63, 3.8) is 0 Å². The maximum absolute atomic E-state index is 5.54. The lowest BCUT2D eigenvalue weighted by molar-refractivity contribution is 0.416. The van der Waals surface area contributed by atoms with Crippen molar-refractivity contribution in [3.8, 4) is 17.0 Å². The fourth-order valence-corrected chi connectivity index (χ4v) is 3.82. The van der Waals surface area contributed by atoms with Crippen LogP contribution in [0.3, 0.4) is 0 Å². The zero-order chi connectivity index (χ0) is 19.9. The van der Waals surface area contributed by atoms with Gasteiger partial charge >= 0.3 is 0 Å². The van der Waals surface area contributed by atoms with Crippen LogP contribution in [0.4, 0.5) is 0 Å². The topological polar surface area (TPSA) is 52.0 Å². The number of nitrogens with zero attached hydrogens (tertiary/aromatic N) is 3. The number of benzene rings is 2.